The number of carbonyl (C=O) groups is 1. The number of alkyl halides is 3. The highest BCUT2D eigenvalue weighted by Gasteiger charge is 2.34. The highest BCUT2D eigenvalue weighted by Crippen LogP contribution is 2.34. The number of carboxylic acid groups (broad SMARTS) is 1. The van der Waals surface area contributed by atoms with Crippen LogP contribution in [-0.2, 0) is 6.18 Å². The first-order valence-electron chi connectivity index (χ1n) is 10.5. The van der Waals surface area contributed by atoms with Gasteiger partial charge in [-0.15, -0.1) is 0 Å². The maximum absolute atomic E-state index is 13.7. The van der Waals surface area contributed by atoms with E-state index in [0.717, 1.165) is 17.2 Å². The Bertz CT molecular complexity index is 1410. The third kappa shape index (κ3) is 4.69. The van der Waals surface area contributed by atoms with Gasteiger partial charge in [0.1, 0.15) is 5.69 Å². The molecule has 0 saturated carbocycles. The van der Waals surface area contributed by atoms with E-state index in [2.05, 4.69) is 9.97 Å². The normalized spacial score (nSPS) is 11.5. The lowest BCUT2D eigenvalue weighted by molar-refractivity contribution is -0.141. The van der Waals surface area contributed by atoms with Gasteiger partial charge in [-0.25, -0.2) is 14.8 Å². The van der Waals surface area contributed by atoms with Crippen LogP contribution >= 0.6 is 0 Å². The molecular weight excluding hydrogens is 441 g/mol. The second-order valence-electron chi connectivity index (χ2n) is 8.17. The molecule has 0 aliphatic carbocycles. The highest BCUT2D eigenvalue weighted by molar-refractivity contribution is 5.91. The fourth-order valence-electron chi connectivity index (χ4n) is 3.64. The van der Waals surface area contributed by atoms with E-state index in [-0.39, 0.29) is 17.1 Å². The predicted octanol–water partition coefficient (Wildman–Crippen LogP) is 7.12. The lowest BCUT2D eigenvalue weighted by Gasteiger charge is -2.13. The number of carboxylic acids is 1. The van der Waals surface area contributed by atoms with Gasteiger partial charge in [0, 0.05) is 11.1 Å². The molecule has 0 radical (unpaired) electrons. The molecule has 3 aromatic carbocycles. The number of rotatable bonds is 4. The zero-order chi connectivity index (χ0) is 24.6. The molecule has 4 rings (SSSR count). The van der Waals surface area contributed by atoms with Crippen LogP contribution in [0.2, 0.25) is 0 Å². The minimum atomic E-state index is -4.64. The van der Waals surface area contributed by atoms with E-state index in [1.54, 1.807) is 61.5 Å². The average molecular weight is 462 g/mol. The molecule has 0 fully saturated rings. The van der Waals surface area contributed by atoms with Gasteiger partial charge in [0.15, 0.2) is 5.82 Å². The summed E-state index contributed by atoms with van der Waals surface area (Å²) in [5.41, 5.74) is 4.14. The van der Waals surface area contributed by atoms with Crippen molar-refractivity contribution in [3.8, 4) is 33.8 Å². The van der Waals surface area contributed by atoms with Gasteiger partial charge in [0.05, 0.1) is 11.3 Å². The topological polar surface area (TPSA) is 63.1 Å². The smallest absolute Gasteiger partial charge is 0.433 e. The molecule has 1 aromatic heterocycles. The first-order valence-corrected chi connectivity index (χ1v) is 10.5. The molecule has 0 spiro atoms. The summed E-state index contributed by atoms with van der Waals surface area (Å²) in [5.74, 6) is -1.11. The molecule has 0 aliphatic rings. The zero-order valence-electron chi connectivity index (χ0n) is 18.7. The second-order valence-corrected chi connectivity index (χ2v) is 8.17. The monoisotopic (exact) mass is 462 g/mol. The molecule has 0 aliphatic heterocycles. The van der Waals surface area contributed by atoms with Crippen LogP contribution in [-0.4, -0.2) is 21.0 Å². The molecule has 1 N–H and O–H groups in total. The third-order valence-corrected chi connectivity index (χ3v) is 5.74. The summed E-state index contributed by atoms with van der Waals surface area (Å²) in [6.07, 6.45) is -4.64. The summed E-state index contributed by atoms with van der Waals surface area (Å²) in [6.45, 7) is 5.52. The van der Waals surface area contributed by atoms with Crippen LogP contribution in [0.3, 0.4) is 0 Å². The minimum absolute atomic E-state index is 0.0597. The average Bonchev–Trinajstić information content (AvgIpc) is 2.80. The number of aromatic carboxylic acids is 1. The largest absolute Gasteiger partial charge is 0.478 e. The molecule has 0 amide bonds. The molecule has 34 heavy (non-hydrogen) atoms. The van der Waals surface area contributed by atoms with Crippen LogP contribution in [0.1, 0.15) is 32.7 Å². The highest BCUT2D eigenvalue weighted by atomic mass is 19.4. The Kier molecular flexibility index (Phi) is 5.96. The number of aryl methyl sites for hydroxylation is 3. The molecule has 0 unspecified atom stereocenters. The SMILES string of the molecule is Cc1ccc(-c2cc(C(F)(F)F)nc(-c3cccc(-c4ccc(C)c(C(=O)O)c4)c3)n2)cc1C. The molecule has 0 bridgehead atoms. The lowest BCUT2D eigenvalue weighted by Crippen LogP contribution is -2.10. The summed E-state index contributed by atoms with van der Waals surface area (Å²) in [4.78, 5) is 19.8. The first-order chi connectivity index (χ1) is 16.0. The van der Waals surface area contributed by atoms with Crippen LogP contribution in [0.4, 0.5) is 13.2 Å². The van der Waals surface area contributed by atoms with Gasteiger partial charge in [-0.2, -0.15) is 13.2 Å². The molecule has 7 heteroatoms. The van der Waals surface area contributed by atoms with Crippen molar-refractivity contribution in [3.05, 3.63) is 94.7 Å². The fraction of sp³-hybridized carbons (Fsp3) is 0.148. The van der Waals surface area contributed by atoms with Crippen molar-refractivity contribution >= 4 is 5.97 Å². The van der Waals surface area contributed by atoms with Gasteiger partial charge in [-0.1, -0.05) is 42.5 Å². The number of halogens is 3. The van der Waals surface area contributed by atoms with Crippen molar-refractivity contribution in [2.24, 2.45) is 0 Å². The Morgan fingerprint density at radius 2 is 1.38 bits per heavy atom. The number of aromatic nitrogens is 2. The van der Waals surface area contributed by atoms with E-state index in [0.29, 0.717) is 27.8 Å². The number of benzene rings is 3. The van der Waals surface area contributed by atoms with Gasteiger partial charge in [0.2, 0.25) is 0 Å². The van der Waals surface area contributed by atoms with Crippen LogP contribution < -0.4 is 0 Å². The summed E-state index contributed by atoms with van der Waals surface area (Å²) in [7, 11) is 0. The van der Waals surface area contributed by atoms with E-state index < -0.39 is 17.8 Å². The summed E-state index contributed by atoms with van der Waals surface area (Å²) in [5, 5.41) is 9.43. The molecule has 172 valence electrons. The van der Waals surface area contributed by atoms with Crippen LogP contribution in [0.25, 0.3) is 33.8 Å². The van der Waals surface area contributed by atoms with Gasteiger partial charge >= 0.3 is 12.1 Å². The molecule has 0 saturated heterocycles. The Labute approximate surface area is 194 Å². The molecule has 1 heterocycles. The molecular formula is C27H21F3N2O2. The van der Waals surface area contributed by atoms with E-state index >= 15 is 0 Å². The van der Waals surface area contributed by atoms with Crippen molar-refractivity contribution in [1.82, 2.24) is 9.97 Å². The van der Waals surface area contributed by atoms with E-state index in [1.165, 1.54) is 0 Å². The van der Waals surface area contributed by atoms with Gasteiger partial charge < -0.3 is 5.11 Å². The van der Waals surface area contributed by atoms with E-state index in [1.807, 2.05) is 19.9 Å². The maximum atomic E-state index is 13.7. The second kappa shape index (κ2) is 8.74. The van der Waals surface area contributed by atoms with Crippen molar-refractivity contribution in [2.45, 2.75) is 26.9 Å². The predicted molar refractivity (Wildman–Crippen MR) is 125 cm³/mol. The summed E-state index contributed by atoms with van der Waals surface area (Å²) >= 11 is 0. The van der Waals surface area contributed by atoms with Gasteiger partial charge in [0.25, 0.3) is 0 Å². The maximum Gasteiger partial charge on any atom is 0.433 e. The van der Waals surface area contributed by atoms with Gasteiger partial charge in [-0.05, 0) is 72.9 Å². The Hall–Kier alpha value is -4.00. The third-order valence-electron chi connectivity index (χ3n) is 5.74. The number of nitrogens with zero attached hydrogens (tertiary/aromatic N) is 2. The van der Waals surface area contributed by atoms with Crippen LogP contribution in [0.5, 0.6) is 0 Å². The Morgan fingerprint density at radius 1 is 0.735 bits per heavy atom. The number of hydrogen-bond acceptors (Lipinski definition) is 3. The molecule has 4 nitrogen and oxygen atoms in total. The molecule has 4 aromatic rings. The quantitative estimate of drug-likeness (QED) is 0.351. The fourth-order valence-corrected chi connectivity index (χ4v) is 3.64. The standard InChI is InChI=1S/C27H21F3N2O2/c1-15-7-10-20(11-17(15)3)23-14-24(27(28,29)30)32-25(31-23)21-6-4-5-18(12-21)19-9-8-16(2)22(13-19)26(33)34/h4-14H,1-3H3,(H,33,34). The first kappa shape index (κ1) is 23.2. The van der Waals surface area contributed by atoms with E-state index in [9.17, 15) is 23.1 Å². The summed E-state index contributed by atoms with van der Waals surface area (Å²) < 4.78 is 41.0. The van der Waals surface area contributed by atoms with Crippen LogP contribution in [0.15, 0.2) is 66.7 Å². The van der Waals surface area contributed by atoms with Crippen molar-refractivity contribution in [3.63, 3.8) is 0 Å². The van der Waals surface area contributed by atoms with Crippen LogP contribution in [0, 0.1) is 20.8 Å². The van der Waals surface area contributed by atoms with Crippen molar-refractivity contribution in [2.75, 3.05) is 0 Å². The number of hydrogen-bond donors (Lipinski definition) is 1. The summed E-state index contributed by atoms with van der Waals surface area (Å²) in [6, 6.07) is 18.1. The molecule has 0 atom stereocenters. The lowest BCUT2D eigenvalue weighted by atomic mass is 9.98. The van der Waals surface area contributed by atoms with E-state index in [4.69, 9.17) is 0 Å². The zero-order valence-corrected chi connectivity index (χ0v) is 18.7. The van der Waals surface area contributed by atoms with Gasteiger partial charge in [-0.3, -0.25) is 0 Å². The van der Waals surface area contributed by atoms with Crippen molar-refractivity contribution < 1.29 is 23.1 Å². The Morgan fingerprint density at radius 3 is 2.06 bits per heavy atom. The minimum Gasteiger partial charge on any atom is -0.478 e. The van der Waals surface area contributed by atoms with Crippen molar-refractivity contribution in [1.29, 1.82) is 0 Å². The Balaban J connectivity index is 1.85.